The Morgan fingerprint density at radius 3 is 1.64 bits per heavy atom. The number of allylic oxidation sites excluding steroid dienone is 1. The maximum absolute atomic E-state index is 12.3. The first-order valence-electron chi connectivity index (χ1n) is 5.10. The zero-order chi connectivity index (χ0) is 18.0. The number of rotatable bonds is 5. The van der Waals surface area contributed by atoms with Crippen molar-refractivity contribution in [2.45, 2.75) is 22.5 Å². The molecule has 0 aliphatic heterocycles. The summed E-state index contributed by atoms with van der Waals surface area (Å²) in [5.74, 6) is -1.26. The Labute approximate surface area is 121 Å². The molecule has 0 aliphatic rings. The molecule has 0 rings (SSSR count). The van der Waals surface area contributed by atoms with Crippen LogP contribution in [0, 0.1) is 0 Å². The summed E-state index contributed by atoms with van der Waals surface area (Å²) in [6, 6.07) is 0. The fraction of sp³-hybridized carbons (Fsp3) is 0.625. The highest BCUT2D eigenvalue weighted by molar-refractivity contribution is 8.09. The SMILES string of the molecule is C/C=C\C(=O)NCC(S(=O)(=O)C(F)(F)F)S(=O)(=O)C(F)(F)F. The maximum Gasteiger partial charge on any atom is 0.498 e. The van der Waals surface area contributed by atoms with Gasteiger partial charge >= 0.3 is 11.0 Å². The number of halogens is 6. The summed E-state index contributed by atoms with van der Waals surface area (Å²) in [6.07, 6.45) is 1.69. The average Bonchev–Trinajstić information content (AvgIpc) is 2.25. The van der Waals surface area contributed by atoms with Gasteiger partial charge in [-0.2, -0.15) is 26.3 Å². The lowest BCUT2D eigenvalue weighted by Crippen LogP contribution is -2.50. The second-order valence-corrected chi connectivity index (χ2v) is 8.20. The number of sulfone groups is 2. The van der Waals surface area contributed by atoms with Crippen molar-refractivity contribution in [1.29, 1.82) is 0 Å². The second kappa shape index (κ2) is 6.44. The number of hydrogen-bond donors (Lipinski definition) is 1. The molecule has 0 radical (unpaired) electrons. The molecule has 0 bridgehead atoms. The molecule has 0 aromatic heterocycles. The molecule has 0 atom stereocenters. The predicted octanol–water partition coefficient (Wildman–Crippen LogP) is 0.874. The van der Waals surface area contributed by atoms with Gasteiger partial charge in [0, 0.05) is 6.54 Å². The Morgan fingerprint density at radius 1 is 1.00 bits per heavy atom. The van der Waals surface area contributed by atoms with Gasteiger partial charge in [-0.1, -0.05) is 6.08 Å². The fourth-order valence-electron chi connectivity index (χ4n) is 1.08. The summed E-state index contributed by atoms with van der Waals surface area (Å²) >= 11 is 0. The van der Waals surface area contributed by atoms with E-state index in [-0.39, 0.29) is 0 Å². The quantitative estimate of drug-likeness (QED) is 0.567. The zero-order valence-electron chi connectivity index (χ0n) is 10.6. The molecule has 0 aliphatic carbocycles. The van der Waals surface area contributed by atoms with Gasteiger partial charge in [0.05, 0.1) is 0 Å². The van der Waals surface area contributed by atoms with Crippen LogP contribution >= 0.6 is 0 Å². The van der Waals surface area contributed by atoms with Crippen molar-refractivity contribution in [3.8, 4) is 0 Å². The van der Waals surface area contributed by atoms with Gasteiger partial charge in [0.15, 0.2) is 4.58 Å². The molecule has 130 valence electrons. The van der Waals surface area contributed by atoms with Crippen molar-refractivity contribution in [3.05, 3.63) is 12.2 Å². The van der Waals surface area contributed by atoms with Crippen LogP contribution in [0.5, 0.6) is 0 Å². The molecule has 0 spiro atoms. The third-order valence-corrected chi connectivity index (χ3v) is 6.63. The monoisotopic (exact) mass is 377 g/mol. The highest BCUT2D eigenvalue weighted by Gasteiger charge is 2.62. The first-order chi connectivity index (χ1) is 9.59. The smallest absolute Gasteiger partial charge is 0.350 e. The van der Waals surface area contributed by atoms with Gasteiger partial charge in [-0.25, -0.2) is 16.8 Å². The number of nitrogens with one attached hydrogen (secondary N) is 1. The lowest BCUT2D eigenvalue weighted by Gasteiger charge is -2.20. The summed E-state index contributed by atoms with van der Waals surface area (Å²) in [4.78, 5) is 11.0. The molecule has 14 heteroatoms. The summed E-state index contributed by atoms with van der Waals surface area (Å²) in [7, 11) is -13.5. The molecule has 1 amide bonds. The molecule has 6 nitrogen and oxygen atoms in total. The first kappa shape index (κ1) is 20.7. The van der Waals surface area contributed by atoms with Gasteiger partial charge in [-0.05, 0) is 13.0 Å². The number of carbonyl (C=O) groups excluding carboxylic acids is 1. The van der Waals surface area contributed by atoms with Crippen LogP contribution in [0.25, 0.3) is 0 Å². The van der Waals surface area contributed by atoms with E-state index in [9.17, 15) is 48.0 Å². The molecule has 1 N–H and O–H groups in total. The van der Waals surface area contributed by atoms with Gasteiger partial charge in [-0.3, -0.25) is 4.79 Å². The van der Waals surface area contributed by atoms with Crippen molar-refractivity contribution >= 4 is 25.6 Å². The minimum Gasteiger partial charge on any atom is -0.350 e. The van der Waals surface area contributed by atoms with E-state index in [1.54, 1.807) is 0 Å². The van der Waals surface area contributed by atoms with Crippen molar-refractivity contribution in [2.24, 2.45) is 0 Å². The van der Waals surface area contributed by atoms with Crippen LogP contribution < -0.4 is 5.32 Å². The minimum absolute atomic E-state index is 0.650. The van der Waals surface area contributed by atoms with Crippen LogP contribution in [0.2, 0.25) is 0 Å². The summed E-state index contributed by atoms with van der Waals surface area (Å²) in [5, 5.41) is 1.36. The average molecular weight is 377 g/mol. The molecule has 0 unspecified atom stereocenters. The molecule has 0 saturated carbocycles. The molecule has 0 fully saturated rings. The molecule has 0 heterocycles. The van der Waals surface area contributed by atoms with Crippen LogP contribution in [0.3, 0.4) is 0 Å². The van der Waals surface area contributed by atoms with E-state index >= 15 is 0 Å². The van der Waals surface area contributed by atoms with E-state index in [2.05, 4.69) is 0 Å². The minimum atomic E-state index is -6.74. The van der Waals surface area contributed by atoms with Crippen LogP contribution in [0.15, 0.2) is 12.2 Å². The topological polar surface area (TPSA) is 97.4 Å². The van der Waals surface area contributed by atoms with Crippen molar-refractivity contribution in [1.82, 2.24) is 5.32 Å². The number of carbonyl (C=O) groups is 1. The van der Waals surface area contributed by atoms with Gasteiger partial charge < -0.3 is 5.32 Å². The van der Waals surface area contributed by atoms with E-state index in [1.807, 2.05) is 0 Å². The highest BCUT2D eigenvalue weighted by Crippen LogP contribution is 2.35. The van der Waals surface area contributed by atoms with Crippen molar-refractivity contribution in [2.75, 3.05) is 6.54 Å². The first-order valence-corrected chi connectivity index (χ1v) is 8.19. The van der Waals surface area contributed by atoms with Gasteiger partial charge in [0.2, 0.25) is 5.91 Å². The predicted molar refractivity (Wildman–Crippen MR) is 61.6 cm³/mol. The van der Waals surface area contributed by atoms with Crippen LogP contribution in [-0.2, 0) is 24.5 Å². The van der Waals surface area contributed by atoms with Crippen molar-refractivity contribution < 1.29 is 48.0 Å². The summed E-state index contributed by atoms with van der Waals surface area (Å²) in [6.45, 7) is -0.636. The number of amides is 1. The van der Waals surface area contributed by atoms with Crippen LogP contribution in [-0.4, -0.2) is 44.9 Å². The van der Waals surface area contributed by atoms with Gasteiger partial charge in [0.1, 0.15) is 0 Å². The highest BCUT2D eigenvalue weighted by atomic mass is 32.3. The normalized spacial score (nSPS) is 14.5. The van der Waals surface area contributed by atoms with E-state index in [4.69, 9.17) is 0 Å². The molecule has 0 aromatic rings. The standard InChI is InChI=1S/C8H9F6NO5S2/c1-2-3-5(16)15-4-6(21(17,18)7(9,10)11)22(19,20)8(12,13)14/h2-3,6H,4H2,1H3,(H,15,16)/b3-2-. The van der Waals surface area contributed by atoms with Gasteiger partial charge in [-0.15, -0.1) is 0 Å². The fourth-order valence-corrected chi connectivity index (χ4v) is 4.27. The Morgan fingerprint density at radius 2 is 1.36 bits per heavy atom. The Hall–Kier alpha value is -1.31. The Bertz CT molecular complexity index is 601. The number of alkyl halides is 6. The largest absolute Gasteiger partial charge is 0.498 e. The van der Waals surface area contributed by atoms with Crippen LogP contribution in [0.1, 0.15) is 6.92 Å². The lowest BCUT2D eigenvalue weighted by atomic mass is 10.5. The second-order valence-electron chi connectivity index (χ2n) is 3.66. The Balaban J connectivity index is 5.90. The molecule has 0 aromatic carbocycles. The van der Waals surface area contributed by atoms with E-state index < -0.39 is 47.7 Å². The summed E-state index contributed by atoms with van der Waals surface area (Å²) in [5.41, 5.74) is -12.5. The van der Waals surface area contributed by atoms with Gasteiger partial charge in [0.25, 0.3) is 19.7 Å². The number of hydrogen-bond acceptors (Lipinski definition) is 5. The van der Waals surface area contributed by atoms with E-state index in [0.717, 1.165) is 6.08 Å². The van der Waals surface area contributed by atoms with E-state index in [1.165, 1.54) is 12.2 Å². The molecule has 0 saturated heterocycles. The zero-order valence-corrected chi connectivity index (χ0v) is 12.2. The molecular formula is C8H9F6NO5S2. The Kier molecular flexibility index (Phi) is 6.05. The molecular weight excluding hydrogens is 368 g/mol. The third-order valence-electron chi connectivity index (χ3n) is 2.10. The summed E-state index contributed by atoms with van der Waals surface area (Å²) < 4.78 is 114. The lowest BCUT2D eigenvalue weighted by molar-refractivity contribution is -0.116. The molecule has 22 heavy (non-hydrogen) atoms. The third kappa shape index (κ3) is 4.34. The van der Waals surface area contributed by atoms with E-state index in [0.29, 0.717) is 6.08 Å². The van der Waals surface area contributed by atoms with Crippen molar-refractivity contribution in [3.63, 3.8) is 0 Å². The van der Waals surface area contributed by atoms with Crippen LogP contribution in [0.4, 0.5) is 26.3 Å². The maximum atomic E-state index is 12.3.